The molecule has 3 heterocycles. The summed E-state index contributed by atoms with van der Waals surface area (Å²) in [5.41, 5.74) is 1.11. The lowest BCUT2D eigenvalue weighted by atomic mass is 10.0. The van der Waals surface area contributed by atoms with Gasteiger partial charge in [0.2, 0.25) is 0 Å². The van der Waals surface area contributed by atoms with Crippen LogP contribution >= 0.6 is 11.3 Å². The highest BCUT2D eigenvalue weighted by Gasteiger charge is 2.38. The van der Waals surface area contributed by atoms with E-state index in [1.165, 1.54) is 9.18 Å². The van der Waals surface area contributed by atoms with Gasteiger partial charge in [0, 0.05) is 43.6 Å². The van der Waals surface area contributed by atoms with E-state index in [2.05, 4.69) is 0 Å². The monoisotopic (exact) mass is 373 g/mol. The molecule has 3 rings (SSSR count). The molecule has 0 bridgehead atoms. The van der Waals surface area contributed by atoms with Crippen molar-refractivity contribution in [2.24, 2.45) is 0 Å². The van der Waals surface area contributed by atoms with Crippen molar-refractivity contribution in [3.05, 3.63) is 21.9 Å². The second-order valence-electron chi connectivity index (χ2n) is 5.93. The molecule has 0 unspecified atom stereocenters. The molecule has 134 valence electrons. The zero-order chi connectivity index (χ0) is 17.3. The number of fused-ring (bicyclic) bond motifs is 1. The molecule has 9 heteroatoms. The van der Waals surface area contributed by atoms with Gasteiger partial charge in [-0.15, -0.1) is 11.3 Å². The fourth-order valence-corrected chi connectivity index (χ4v) is 5.99. The Morgan fingerprint density at radius 2 is 2.00 bits per heavy atom. The Labute approximate surface area is 147 Å². The number of rotatable bonds is 3. The highest BCUT2D eigenvalue weighted by Crippen LogP contribution is 2.35. The van der Waals surface area contributed by atoms with Crippen LogP contribution in [0.15, 0.2) is 11.4 Å². The number of carbonyl (C=O) groups excluding carboxylic acids is 1. The van der Waals surface area contributed by atoms with Gasteiger partial charge in [-0.05, 0) is 37.3 Å². The van der Waals surface area contributed by atoms with E-state index in [0.29, 0.717) is 39.3 Å². The van der Waals surface area contributed by atoms with Crippen LogP contribution in [0.25, 0.3) is 0 Å². The van der Waals surface area contributed by atoms with Gasteiger partial charge in [0.25, 0.3) is 10.2 Å². The predicted octanol–water partition coefficient (Wildman–Crippen LogP) is 1.69. The number of nitrogens with zero attached hydrogens (tertiary/aromatic N) is 3. The van der Waals surface area contributed by atoms with Gasteiger partial charge in [-0.1, -0.05) is 0 Å². The van der Waals surface area contributed by atoms with Crippen LogP contribution in [-0.2, 0) is 21.4 Å². The number of hydrogen-bond donors (Lipinski definition) is 0. The van der Waals surface area contributed by atoms with Crippen molar-refractivity contribution in [2.45, 2.75) is 26.3 Å². The van der Waals surface area contributed by atoms with Gasteiger partial charge in [0.15, 0.2) is 0 Å². The van der Waals surface area contributed by atoms with Crippen LogP contribution in [0.5, 0.6) is 0 Å². The third kappa shape index (κ3) is 3.17. The third-order valence-corrected chi connectivity index (χ3v) is 7.71. The zero-order valence-corrected chi connectivity index (χ0v) is 15.6. The predicted molar refractivity (Wildman–Crippen MR) is 92.2 cm³/mol. The fourth-order valence-electron chi connectivity index (χ4n) is 3.27. The Balaban J connectivity index is 1.68. The Hall–Kier alpha value is -1.16. The first-order chi connectivity index (χ1) is 11.4. The molecule has 2 aliphatic heterocycles. The van der Waals surface area contributed by atoms with Crippen molar-refractivity contribution >= 4 is 27.6 Å². The summed E-state index contributed by atoms with van der Waals surface area (Å²) >= 11 is 1.69. The van der Waals surface area contributed by atoms with Crippen LogP contribution in [0.3, 0.4) is 0 Å². The van der Waals surface area contributed by atoms with Crippen molar-refractivity contribution in [3.63, 3.8) is 0 Å². The summed E-state index contributed by atoms with van der Waals surface area (Å²) < 4.78 is 34.1. The summed E-state index contributed by atoms with van der Waals surface area (Å²) in [6, 6.07) is 1.87. The normalized spacial score (nSPS) is 23.1. The Bertz CT molecular complexity index is 695. The van der Waals surface area contributed by atoms with Crippen LogP contribution in [0.2, 0.25) is 0 Å². The fraction of sp³-hybridized carbons (Fsp3) is 0.667. The average molecular weight is 374 g/mol. The second kappa shape index (κ2) is 6.99. The van der Waals surface area contributed by atoms with Gasteiger partial charge in [-0.25, -0.2) is 4.79 Å². The zero-order valence-electron chi connectivity index (χ0n) is 14.0. The quantitative estimate of drug-likeness (QED) is 0.808. The van der Waals surface area contributed by atoms with E-state index < -0.39 is 10.2 Å². The first-order valence-electron chi connectivity index (χ1n) is 8.20. The van der Waals surface area contributed by atoms with Crippen LogP contribution in [0.1, 0.15) is 30.3 Å². The molecule has 0 radical (unpaired) electrons. The van der Waals surface area contributed by atoms with Crippen LogP contribution in [0, 0.1) is 0 Å². The van der Waals surface area contributed by atoms with Gasteiger partial charge >= 0.3 is 6.09 Å². The van der Waals surface area contributed by atoms with Crippen molar-refractivity contribution in [1.82, 2.24) is 13.5 Å². The lowest BCUT2D eigenvalue weighted by Gasteiger charge is -2.39. The number of thiophene rings is 1. The van der Waals surface area contributed by atoms with Crippen LogP contribution in [-0.4, -0.2) is 67.4 Å². The molecule has 1 amide bonds. The first-order valence-corrected chi connectivity index (χ1v) is 10.5. The van der Waals surface area contributed by atoms with Gasteiger partial charge < -0.3 is 9.64 Å². The number of piperazine rings is 1. The van der Waals surface area contributed by atoms with Crippen LogP contribution in [0.4, 0.5) is 4.79 Å². The van der Waals surface area contributed by atoms with Crippen molar-refractivity contribution < 1.29 is 17.9 Å². The molecule has 1 aromatic heterocycles. The van der Waals surface area contributed by atoms with Gasteiger partial charge in [-0.3, -0.25) is 0 Å². The maximum absolute atomic E-state index is 13.0. The average Bonchev–Trinajstić information content (AvgIpc) is 3.05. The lowest BCUT2D eigenvalue weighted by molar-refractivity contribution is 0.0920. The molecule has 1 atom stereocenters. The van der Waals surface area contributed by atoms with Crippen molar-refractivity contribution in [3.8, 4) is 0 Å². The summed E-state index contributed by atoms with van der Waals surface area (Å²) in [6.45, 7) is 5.88. The van der Waals surface area contributed by atoms with E-state index >= 15 is 0 Å². The summed E-state index contributed by atoms with van der Waals surface area (Å²) in [5.74, 6) is 0. The highest BCUT2D eigenvalue weighted by atomic mass is 32.2. The minimum absolute atomic E-state index is 0.145. The summed E-state index contributed by atoms with van der Waals surface area (Å²) in [6.07, 6.45) is 0.392. The largest absolute Gasteiger partial charge is 0.450 e. The molecule has 24 heavy (non-hydrogen) atoms. The maximum Gasteiger partial charge on any atom is 0.409 e. The molecule has 1 aromatic rings. The molecule has 0 saturated carbocycles. The summed E-state index contributed by atoms with van der Waals surface area (Å²) in [5, 5.41) is 2.02. The van der Waals surface area contributed by atoms with Gasteiger partial charge in [0.1, 0.15) is 0 Å². The first kappa shape index (κ1) is 17.7. The molecule has 1 fully saturated rings. The molecule has 0 aliphatic carbocycles. The van der Waals surface area contributed by atoms with Crippen molar-refractivity contribution in [2.75, 3.05) is 39.3 Å². The second-order valence-corrected chi connectivity index (χ2v) is 8.81. The molecule has 1 saturated heterocycles. The van der Waals surface area contributed by atoms with Gasteiger partial charge in [0.05, 0.1) is 6.61 Å². The topological polar surface area (TPSA) is 70.2 Å². The van der Waals surface area contributed by atoms with Crippen LogP contribution < -0.4 is 0 Å². The molecule has 0 spiro atoms. The van der Waals surface area contributed by atoms with Crippen molar-refractivity contribution in [1.29, 1.82) is 0 Å². The van der Waals surface area contributed by atoms with E-state index in [1.54, 1.807) is 27.5 Å². The SMILES string of the molecule is CCOC(=O)N1CCN(S(=O)(=O)N2CCc3sccc3[C@@H]2C)CC1. The number of ether oxygens (including phenoxy) is 1. The van der Waals surface area contributed by atoms with Gasteiger partial charge in [-0.2, -0.15) is 17.0 Å². The minimum Gasteiger partial charge on any atom is -0.450 e. The Kier molecular flexibility index (Phi) is 5.14. The minimum atomic E-state index is -3.52. The highest BCUT2D eigenvalue weighted by molar-refractivity contribution is 7.86. The molecule has 7 nitrogen and oxygen atoms in total. The smallest absolute Gasteiger partial charge is 0.409 e. The van der Waals surface area contributed by atoms with E-state index in [-0.39, 0.29) is 12.1 Å². The third-order valence-electron chi connectivity index (χ3n) is 4.61. The number of amides is 1. The number of carbonyl (C=O) groups is 1. The summed E-state index contributed by atoms with van der Waals surface area (Å²) in [7, 11) is -3.52. The van der Waals surface area contributed by atoms with E-state index in [0.717, 1.165) is 12.0 Å². The molecular formula is C15H23N3O4S2. The maximum atomic E-state index is 13.0. The summed E-state index contributed by atoms with van der Waals surface area (Å²) in [4.78, 5) is 14.6. The number of hydrogen-bond acceptors (Lipinski definition) is 5. The Morgan fingerprint density at radius 3 is 2.67 bits per heavy atom. The molecular weight excluding hydrogens is 350 g/mol. The van der Waals surface area contributed by atoms with E-state index in [4.69, 9.17) is 4.74 Å². The molecule has 0 aromatic carbocycles. The standard InChI is InChI=1S/C15H23N3O4S2/c1-3-22-15(19)16-7-9-17(10-8-16)24(20,21)18-6-4-14-13(12(18)2)5-11-23-14/h5,11-12H,3-4,6-10H2,1-2H3/t12-/m0/s1. The Morgan fingerprint density at radius 1 is 1.29 bits per heavy atom. The van der Waals surface area contributed by atoms with E-state index in [1.807, 2.05) is 18.4 Å². The molecule has 2 aliphatic rings. The van der Waals surface area contributed by atoms with E-state index in [9.17, 15) is 13.2 Å². The lowest BCUT2D eigenvalue weighted by Crippen LogP contribution is -2.55. The molecule has 0 N–H and O–H groups in total.